The highest BCUT2D eigenvalue weighted by Crippen LogP contribution is 2.21. The second-order valence-electron chi connectivity index (χ2n) is 4.56. The van der Waals surface area contributed by atoms with E-state index in [1.807, 2.05) is 13.1 Å². The van der Waals surface area contributed by atoms with Crippen molar-refractivity contribution >= 4 is 16.5 Å². The van der Waals surface area contributed by atoms with Crippen LogP contribution in [-0.4, -0.2) is 35.6 Å². The maximum Gasteiger partial charge on any atom is 0.187 e. The fourth-order valence-electron chi connectivity index (χ4n) is 1.94. The molecule has 0 aliphatic carbocycles. The van der Waals surface area contributed by atoms with Crippen LogP contribution < -0.4 is 10.6 Å². The molecule has 1 saturated heterocycles. The number of allylic oxidation sites excluding steroid dienone is 1. The highest BCUT2D eigenvalue weighted by molar-refractivity contribution is 7.15. The quantitative estimate of drug-likeness (QED) is 0.858. The first-order valence-electron chi connectivity index (χ1n) is 5.97. The van der Waals surface area contributed by atoms with Crippen LogP contribution in [0.4, 0.5) is 5.13 Å². The normalized spacial score (nSPS) is 21.4. The SMILES string of the molecule is C=C(C)Nc1ncc(CN2CCNCC2C)s1. The van der Waals surface area contributed by atoms with Gasteiger partial charge in [0.2, 0.25) is 0 Å². The third kappa shape index (κ3) is 3.52. The zero-order chi connectivity index (χ0) is 12.3. The van der Waals surface area contributed by atoms with E-state index in [2.05, 4.69) is 34.0 Å². The first-order chi connectivity index (χ1) is 8.15. The Morgan fingerprint density at radius 3 is 3.29 bits per heavy atom. The summed E-state index contributed by atoms with van der Waals surface area (Å²) >= 11 is 1.71. The Hall–Kier alpha value is -0.910. The fraction of sp³-hybridized carbons (Fsp3) is 0.583. The van der Waals surface area contributed by atoms with E-state index < -0.39 is 0 Å². The van der Waals surface area contributed by atoms with Crippen LogP contribution in [0.3, 0.4) is 0 Å². The van der Waals surface area contributed by atoms with Crippen molar-refractivity contribution in [3.63, 3.8) is 0 Å². The number of rotatable bonds is 4. The smallest absolute Gasteiger partial charge is 0.187 e. The van der Waals surface area contributed by atoms with Crippen LogP contribution in [0, 0.1) is 0 Å². The van der Waals surface area contributed by atoms with E-state index in [4.69, 9.17) is 0 Å². The van der Waals surface area contributed by atoms with E-state index in [1.54, 1.807) is 11.3 Å². The van der Waals surface area contributed by atoms with Gasteiger partial charge in [0.15, 0.2) is 5.13 Å². The monoisotopic (exact) mass is 252 g/mol. The molecule has 94 valence electrons. The molecule has 0 spiro atoms. The molecule has 1 aliphatic rings. The van der Waals surface area contributed by atoms with Crippen molar-refractivity contribution in [1.82, 2.24) is 15.2 Å². The Bertz CT molecular complexity index is 388. The summed E-state index contributed by atoms with van der Waals surface area (Å²) < 4.78 is 0. The lowest BCUT2D eigenvalue weighted by atomic mass is 10.2. The van der Waals surface area contributed by atoms with E-state index in [0.29, 0.717) is 6.04 Å². The van der Waals surface area contributed by atoms with Gasteiger partial charge < -0.3 is 10.6 Å². The van der Waals surface area contributed by atoms with Crippen LogP contribution in [0.1, 0.15) is 18.7 Å². The largest absolute Gasteiger partial charge is 0.336 e. The molecule has 1 unspecified atom stereocenters. The van der Waals surface area contributed by atoms with Crippen molar-refractivity contribution in [2.24, 2.45) is 0 Å². The number of piperazine rings is 1. The fourth-order valence-corrected chi connectivity index (χ4v) is 2.85. The standard InChI is InChI=1S/C12H20N4S/c1-9(2)15-12-14-7-11(17-12)8-16-5-4-13-6-10(16)3/h7,10,13H,1,4-6,8H2,2-3H3,(H,14,15). The number of nitrogens with zero attached hydrogens (tertiary/aromatic N) is 2. The number of aromatic nitrogens is 1. The molecule has 2 heterocycles. The third-order valence-electron chi connectivity index (χ3n) is 2.87. The minimum Gasteiger partial charge on any atom is -0.336 e. The lowest BCUT2D eigenvalue weighted by Gasteiger charge is -2.33. The maximum absolute atomic E-state index is 4.35. The summed E-state index contributed by atoms with van der Waals surface area (Å²) in [5.74, 6) is 0. The highest BCUT2D eigenvalue weighted by atomic mass is 32.1. The number of hydrogen-bond donors (Lipinski definition) is 2. The van der Waals surface area contributed by atoms with E-state index >= 15 is 0 Å². The molecule has 0 amide bonds. The lowest BCUT2D eigenvalue weighted by molar-refractivity contribution is 0.167. The molecule has 0 aromatic carbocycles. The molecular formula is C12H20N4S. The second-order valence-corrected chi connectivity index (χ2v) is 5.68. The average molecular weight is 252 g/mol. The maximum atomic E-state index is 4.35. The zero-order valence-electron chi connectivity index (χ0n) is 10.5. The summed E-state index contributed by atoms with van der Waals surface area (Å²) in [5.41, 5.74) is 0.932. The molecule has 1 fully saturated rings. The third-order valence-corrected chi connectivity index (χ3v) is 3.77. The Balaban J connectivity index is 1.93. The summed E-state index contributed by atoms with van der Waals surface area (Å²) in [4.78, 5) is 8.15. The summed E-state index contributed by atoms with van der Waals surface area (Å²) in [6.45, 7) is 12.3. The van der Waals surface area contributed by atoms with Crippen LogP contribution in [0.25, 0.3) is 0 Å². The number of nitrogens with one attached hydrogen (secondary N) is 2. The van der Waals surface area contributed by atoms with Gasteiger partial charge in [-0.05, 0) is 13.8 Å². The van der Waals surface area contributed by atoms with Gasteiger partial charge in [0.1, 0.15) is 0 Å². The topological polar surface area (TPSA) is 40.2 Å². The van der Waals surface area contributed by atoms with Crippen LogP contribution >= 0.6 is 11.3 Å². The van der Waals surface area contributed by atoms with E-state index in [1.165, 1.54) is 4.88 Å². The van der Waals surface area contributed by atoms with E-state index in [-0.39, 0.29) is 0 Å². The Labute approximate surface area is 107 Å². The molecule has 0 radical (unpaired) electrons. The summed E-state index contributed by atoms with van der Waals surface area (Å²) in [6.07, 6.45) is 1.96. The molecule has 17 heavy (non-hydrogen) atoms. The summed E-state index contributed by atoms with van der Waals surface area (Å²) in [6, 6.07) is 0.600. The first-order valence-corrected chi connectivity index (χ1v) is 6.79. The van der Waals surface area contributed by atoms with Crippen LogP contribution in [0.2, 0.25) is 0 Å². The number of thiazole rings is 1. The van der Waals surface area contributed by atoms with Crippen LogP contribution in [0.15, 0.2) is 18.5 Å². The Morgan fingerprint density at radius 2 is 2.59 bits per heavy atom. The van der Waals surface area contributed by atoms with E-state index in [0.717, 1.165) is 37.0 Å². The summed E-state index contributed by atoms with van der Waals surface area (Å²) in [5, 5.41) is 7.50. The molecule has 2 rings (SSSR count). The highest BCUT2D eigenvalue weighted by Gasteiger charge is 2.18. The van der Waals surface area contributed by atoms with Gasteiger partial charge in [-0.25, -0.2) is 4.98 Å². The van der Waals surface area contributed by atoms with Gasteiger partial charge in [-0.3, -0.25) is 4.90 Å². The van der Waals surface area contributed by atoms with Gasteiger partial charge in [-0.2, -0.15) is 0 Å². The van der Waals surface area contributed by atoms with Gasteiger partial charge >= 0.3 is 0 Å². The van der Waals surface area contributed by atoms with Gasteiger partial charge in [-0.1, -0.05) is 6.58 Å². The van der Waals surface area contributed by atoms with Crippen LogP contribution in [0.5, 0.6) is 0 Å². The average Bonchev–Trinajstić information content (AvgIpc) is 2.68. The van der Waals surface area contributed by atoms with Gasteiger partial charge in [0.25, 0.3) is 0 Å². The Morgan fingerprint density at radius 1 is 1.76 bits per heavy atom. The predicted octanol–water partition coefficient (Wildman–Crippen LogP) is 1.88. The minimum atomic E-state index is 0.600. The Kier molecular flexibility index (Phi) is 4.15. The zero-order valence-corrected chi connectivity index (χ0v) is 11.3. The minimum absolute atomic E-state index is 0.600. The number of anilines is 1. The van der Waals surface area contributed by atoms with Crippen molar-refractivity contribution in [3.8, 4) is 0 Å². The molecule has 5 heteroatoms. The van der Waals surface area contributed by atoms with Crippen molar-refractivity contribution in [1.29, 1.82) is 0 Å². The molecule has 0 bridgehead atoms. The van der Waals surface area contributed by atoms with Gasteiger partial charge in [0, 0.05) is 49.0 Å². The molecule has 1 aliphatic heterocycles. The van der Waals surface area contributed by atoms with Crippen LogP contribution in [-0.2, 0) is 6.54 Å². The van der Waals surface area contributed by atoms with Crippen molar-refractivity contribution in [2.75, 3.05) is 25.0 Å². The van der Waals surface area contributed by atoms with Crippen molar-refractivity contribution in [3.05, 3.63) is 23.3 Å². The van der Waals surface area contributed by atoms with Gasteiger partial charge in [0.05, 0.1) is 0 Å². The molecular weight excluding hydrogens is 232 g/mol. The molecule has 4 nitrogen and oxygen atoms in total. The second kappa shape index (κ2) is 5.62. The summed E-state index contributed by atoms with van der Waals surface area (Å²) in [7, 11) is 0. The predicted molar refractivity (Wildman–Crippen MR) is 73.3 cm³/mol. The molecule has 1 aromatic rings. The molecule has 1 aromatic heterocycles. The van der Waals surface area contributed by atoms with E-state index in [9.17, 15) is 0 Å². The lowest BCUT2D eigenvalue weighted by Crippen LogP contribution is -2.49. The van der Waals surface area contributed by atoms with Crippen molar-refractivity contribution < 1.29 is 0 Å². The molecule has 1 atom stereocenters. The first kappa shape index (κ1) is 12.5. The molecule has 0 saturated carbocycles. The number of hydrogen-bond acceptors (Lipinski definition) is 5. The van der Waals surface area contributed by atoms with Gasteiger partial charge in [-0.15, -0.1) is 11.3 Å². The van der Waals surface area contributed by atoms with Crippen molar-refractivity contribution in [2.45, 2.75) is 26.4 Å². The molecule has 2 N–H and O–H groups in total.